The van der Waals surface area contributed by atoms with Crippen molar-refractivity contribution in [1.29, 1.82) is 0 Å². The van der Waals surface area contributed by atoms with Crippen LogP contribution in [0.3, 0.4) is 0 Å². The van der Waals surface area contributed by atoms with Crippen molar-refractivity contribution < 1.29 is 4.79 Å². The second-order valence-electron chi connectivity index (χ2n) is 8.47. The van der Waals surface area contributed by atoms with E-state index >= 15 is 0 Å². The molecule has 7 heteroatoms. The number of aromatic nitrogens is 3. The predicted molar refractivity (Wildman–Crippen MR) is 139 cm³/mol. The van der Waals surface area contributed by atoms with E-state index in [2.05, 4.69) is 41.8 Å². The van der Waals surface area contributed by atoms with Crippen LogP contribution in [0.2, 0.25) is 0 Å². The van der Waals surface area contributed by atoms with Gasteiger partial charge in [-0.05, 0) is 54.3 Å². The van der Waals surface area contributed by atoms with E-state index in [4.69, 9.17) is 10.1 Å². The zero-order chi connectivity index (χ0) is 23.7. The Kier molecular flexibility index (Phi) is 6.11. The Labute approximate surface area is 203 Å². The van der Waals surface area contributed by atoms with Crippen LogP contribution in [0, 0.1) is 6.92 Å². The Hall–Kier alpha value is -3.58. The number of rotatable bonds is 6. The van der Waals surface area contributed by atoms with Gasteiger partial charge in [0.1, 0.15) is 6.04 Å². The van der Waals surface area contributed by atoms with Crippen LogP contribution < -0.4 is 10.6 Å². The molecule has 0 radical (unpaired) electrons. The van der Waals surface area contributed by atoms with Crippen molar-refractivity contribution >= 4 is 40.1 Å². The SMILES string of the molecule is CCCSc1nc2n(n1)C(c1cccc3ccccc13)C(C(=O)Nc1cccc(C)c1)=C(C)N2. The summed E-state index contributed by atoms with van der Waals surface area (Å²) < 4.78 is 1.86. The Morgan fingerprint density at radius 1 is 1.09 bits per heavy atom. The quantitative estimate of drug-likeness (QED) is 0.331. The maximum atomic E-state index is 13.7. The van der Waals surface area contributed by atoms with Gasteiger partial charge in [-0.25, -0.2) is 4.68 Å². The number of aryl methyl sites for hydroxylation is 1. The molecule has 0 saturated heterocycles. The molecule has 1 atom stereocenters. The van der Waals surface area contributed by atoms with Gasteiger partial charge in [-0.2, -0.15) is 4.98 Å². The normalized spacial score (nSPS) is 15.2. The summed E-state index contributed by atoms with van der Waals surface area (Å²) in [6.07, 6.45) is 1.04. The fourth-order valence-corrected chi connectivity index (χ4v) is 5.06. The smallest absolute Gasteiger partial charge is 0.255 e. The first-order valence-corrected chi connectivity index (χ1v) is 12.5. The molecular weight excluding hydrogens is 442 g/mol. The number of carbonyl (C=O) groups is 1. The fourth-order valence-electron chi connectivity index (χ4n) is 4.38. The largest absolute Gasteiger partial charge is 0.328 e. The van der Waals surface area contributed by atoms with Gasteiger partial charge in [-0.3, -0.25) is 4.79 Å². The minimum absolute atomic E-state index is 0.155. The molecule has 1 amide bonds. The molecule has 1 aromatic heterocycles. The maximum Gasteiger partial charge on any atom is 0.255 e. The summed E-state index contributed by atoms with van der Waals surface area (Å²) in [4.78, 5) is 18.4. The molecule has 5 rings (SSSR count). The third-order valence-corrected chi connectivity index (χ3v) is 6.95. The average Bonchev–Trinajstić information content (AvgIpc) is 3.23. The van der Waals surface area contributed by atoms with Crippen LogP contribution in [-0.2, 0) is 4.79 Å². The van der Waals surface area contributed by atoms with Gasteiger partial charge < -0.3 is 10.6 Å². The van der Waals surface area contributed by atoms with E-state index < -0.39 is 6.04 Å². The number of anilines is 2. The molecule has 4 aromatic rings. The molecule has 1 unspecified atom stereocenters. The number of fused-ring (bicyclic) bond motifs is 2. The molecule has 34 heavy (non-hydrogen) atoms. The van der Waals surface area contributed by atoms with Gasteiger partial charge in [0, 0.05) is 17.1 Å². The molecule has 2 heterocycles. The minimum Gasteiger partial charge on any atom is -0.328 e. The number of carbonyl (C=O) groups excluding carboxylic acids is 1. The summed E-state index contributed by atoms with van der Waals surface area (Å²) >= 11 is 1.63. The summed E-state index contributed by atoms with van der Waals surface area (Å²) in [6, 6.07) is 21.9. The van der Waals surface area contributed by atoms with Crippen molar-refractivity contribution in [2.75, 3.05) is 16.4 Å². The predicted octanol–water partition coefficient (Wildman–Crippen LogP) is 6.17. The molecule has 6 nitrogen and oxygen atoms in total. The topological polar surface area (TPSA) is 71.8 Å². The number of nitrogens with zero attached hydrogens (tertiary/aromatic N) is 3. The van der Waals surface area contributed by atoms with Crippen LogP contribution in [-0.4, -0.2) is 26.4 Å². The highest BCUT2D eigenvalue weighted by atomic mass is 32.2. The van der Waals surface area contributed by atoms with Crippen molar-refractivity contribution in [1.82, 2.24) is 14.8 Å². The Morgan fingerprint density at radius 3 is 2.71 bits per heavy atom. The van der Waals surface area contributed by atoms with E-state index in [1.807, 2.05) is 61.0 Å². The summed E-state index contributed by atoms with van der Waals surface area (Å²) in [7, 11) is 0. The van der Waals surface area contributed by atoms with Crippen LogP contribution in [0.15, 0.2) is 83.2 Å². The first-order chi connectivity index (χ1) is 16.5. The molecule has 0 bridgehead atoms. The average molecular weight is 470 g/mol. The van der Waals surface area contributed by atoms with Gasteiger partial charge in [0.25, 0.3) is 5.91 Å². The highest BCUT2D eigenvalue weighted by molar-refractivity contribution is 7.99. The van der Waals surface area contributed by atoms with Gasteiger partial charge in [-0.1, -0.05) is 73.3 Å². The molecule has 1 aliphatic heterocycles. The summed E-state index contributed by atoms with van der Waals surface area (Å²) in [5, 5.41) is 14.2. The van der Waals surface area contributed by atoms with Crippen molar-refractivity contribution in [3.8, 4) is 0 Å². The lowest BCUT2D eigenvalue weighted by molar-refractivity contribution is -0.113. The lowest BCUT2D eigenvalue weighted by Gasteiger charge is -2.29. The Balaban J connectivity index is 1.64. The zero-order valence-corrected chi connectivity index (χ0v) is 20.3. The van der Waals surface area contributed by atoms with E-state index in [1.54, 1.807) is 11.8 Å². The number of thioether (sulfide) groups is 1. The van der Waals surface area contributed by atoms with Crippen molar-refractivity contribution in [2.24, 2.45) is 0 Å². The van der Waals surface area contributed by atoms with Crippen LogP contribution >= 0.6 is 11.8 Å². The molecule has 0 spiro atoms. The van der Waals surface area contributed by atoms with Gasteiger partial charge in [-0.15, -0.1) is 5.10 Å². The maximum absolute atomic E-state index is 13.7. The Bertz CT molecular complexity index is 1400. The third kappa shape index (κ3) is 4.19. The summed E-state index contributed by atoms with van der Waals surface area (Å²) in [6.45, 7) is 6.08. The van der Waals surface area contributed by atoms with E-state index in [0.29, 0.717) is 16.7 Å². The Morgan fingerprint density at radius 2 is 1.88 bits per heavy atom. The second kappa shape index (κ2) is 9.35. The van der Waals surface area contributed by atoms with E-state index in [1.165, 1.54) is 0 Å². The lowest BCUT2D eigenvalue weighted by Crippen LogP contribution is -2.31. The van der Waals surface area contributed by atoms with Crippen LogP contribution in [0.25, 0.3) is 10.8 Å². The zero-order valence-electron chi connectivity index (χ0n) is 19.5. The first kappa shape index (κ1) is 22.2. The third-order valence-electron chi connectivity index (χ3n) is 5.91. The number of allylic oxidation sites excluding steroid dienone is 1. The molecule has 3 aromatic carbocycles. The molecule has 172 valence electrons. The highest BCUT2D eigenvalue weighted by Crippen LogP contribution is 2.39. The van der Waals surface area contributed by atoms with Crippen LogP contribution in [0.4, 0.5) is 11.6 Å². The van der Waals surface area contributed by atoms with Crippen molar-refractivity contribution in [2.45, 2.75) is 38.4 Å². The summed E-state index contributed by atoms with van der Waals surface area (Å²) in [5.41, 5.74) is 4.28. The first-order valence-electron chi connectivity index (χ1n) is 11.5. The van der Waals surface area contributed by atoms with E-state index in [9.17, 15) is 4.79 Å². The number of nitrogens with one attached hydrogen (secondary N) is 2. The summed E-state index contributed by atoms with van der Waals surface area (Å²) in [5.74, 6) is 1.44. The second-order valence-corrected chi connectivity index (χ2v) is 9.53. The van der Waals surface area contributed by atoms with Crippen molar-refractivity contribution in [3.63, 3.8) is 0 Å². The van der Waals surface area contributed by atoms with E-state index in [0.717, 1.165) is 45.5 Å². The number of hydrogen-bond donors (Lipinski definition) is 2. The van der Waals surface area contributed by atoms with E-state index in [-0.39, 0.29) is 5.91 Å². The monoisotopic (exact) mass is 469 g/mol. The number of hydrogen-bond acceptors (Lipinski definition) is 5. The van der Waals surface area contributed by atoms with Crippen LogP contribution in [0.5, 0.6) is 0 Å². The number of amides is 1. The number of benzene rings is 3. The standard InChI is InChI=1S/C27H27N5OS/c1-4-15-34-27-30-26-28-18(3)23(25(33)29-20-12-7-9-17(2)16-20)24(32(26)31-27)22-14-8-11-19-10-5-6-13-21(19)22/h5-14,16,24H,4,15H2,1-3H3,(H,29,33)(H,28,30,31). The minimum atomic E-state index is -0.407. The molecule has 0 aliphatic carbocycles. The van der Waals surface area contributed by atoms with Gasteiger partial charge in [0.2, 0.25) is 11.1 Å². The molecular formula is C27H27N5OS. The molecule has 0 saturated carbocycles. The van der Waals surface area contributed by atoms with Gasteiger partial charge >= 0.3 is 0 Å². The van der Waals surface area contributed by atoms with Gasteiger partial charge in [0.15, 0.2) is 0 Å². The molecule has 2 N–H and O–H groups in total. The highest BCUT2D eigenvalue weighted by Gasteiger charge is 2.35. The van der Waals surface area contributed by atoms with Crippen molar-refractivity contribution in [3.05, 3.63) is 89.1 Å². The van der Waals surface area contributed by atoms with Crippen LogP contribution in [0.1, 0.15) is 37.4 Å². The fraction of sp³-hybridized carbons (Fsp3) is 0.222. The lowest BCUT2D eigenvalue weighted by atomic mass is 9.91. The molecule has 0 fully saturated rings. The van der Waals surface area contributed by atoms with Gasteiger partial charge in [0.05, 0.1) is 5.57 Å². The molecule has 1 aliphatic rings.